The van der Waals surface area contributed by atoms with Crippen molar-refractivity contribution in [1.82, 2.24) is 19.9 Å². The van der Waals surface area contributed by atoms with Crippen molar-refractivity contribution in [1.29, 1.82) is 0 Å². The second-order valence-electron chi connectivity index (χ2n) is 7.24. The minimum atomic E-state index is -2.43. The highest BCUT2D eigenvalue weighted by Gasteiger charge is 2.10. The van der Waals surface area contributed by atoms with Gasteiger partial charge in [0, 0.05) is 24.7 Å². The third-order valence-corrected chi connectivity index (χ3v) is 5.55. The Balaban J connectivity index is 1.87. The number of anilines is 1. The van der Waals surface area contributed by atoms with Gasteiger partial charge in [0.2, 0.25) is 0 Å². The number of imidazole rings is 1. The molecule has 0 unspecified atom stereocenters. The molecule has 0 aromatic carbocycles. The van der Waals surface area contributed by atoms with E-state index in [1.54, 1.807) is 6.20 Å². The topological polar surface area (TPSA) is 71.8 Å². The van der Waals surface area contributed by atoms with Crippen molar-refractivity contribution in [2.45, 2.75) is 53.5 Å². The number of thiazole rings is 1. The molecule has 0 atom stereocenters. The fourth-order valence-electron chi connectivity index (χ4n) is 2.58. The molecule has 2 amide bonds. The van der Waals surface area contributed by atoms with Crippen LogP contribution in [0, 0.1) is 18.8 Å². The lowest BCUT2D eigenvalue weighted by molar-refractivity contribution is 0.126. The van der Waals surface area contributed by atoms with E-state index in [0.29, 0.717) is 23.8 Å². The van der Waals surface area contributed by atoms with Gasteiger partial charge < -0.3 is 9.88 Å². The van der Waals surface area contributed by atoms with E-state index in [-0.39, 0.29) is 0 Å². The lowest BCUT2D eigenvalue weighted by Crippen LogP contribution is -2.30. The first-order valence-electron chi connectivity index (χ1n) is 10.6. The number of nitrogens with zero attached hydrogens (tertiary/aromatic N) is 3. The summed E-state index contributed by atoms with van der Waals surface area (Å²) < 4.78 is 26.1. The van der Waals surface area contributed by atoms with Crippen LogP contribution >= 0.6 is 11.3 Å². The quantitative estimate of drug-likeness (QED) is 0.374. The molecule has 2 rings (SSSR count). The van der Waals surface area contributed by atoms with Gasteiger partial charge in [-0.15, -0.1) is 0 Å². The minimum absolute atomic E-state index is 0.317. The molecule has 176 valence electrons. The summed E-state index contributed by atoms with van der Waals surface area (Å²) in [6.07, 6.45) is 9.89. The number of hydrogen-bond acceptors (Lipinski definition) is 4. The number of amides is 2. The molecule has 33 heavy (non-hydrogen) atoms. The number of carbonyl (C=O) groups is 1. The Morgan fingerprint density at radius 3 is 2.88 bits per heavy atom. The van der Waals surface area contributed by atoms with E-state index in [4.69, 9.17) is 0 Å². The van der Waals surface area contributed by atoms with Crippen molar-refractivity contribution in [2.75, 3.05) is 11.9 Å². The maximum atomic E-state index is 12.4. The highest BCUT2D eigenvalue weighted by molar-refractivity contribution is 7.16. The minimum Gasteiger partial charge on any atom is -0.337 e. The zero-order valence-corrected chi connectivity index (χ0v) is 20.1. The molecule has 2 N–H and O–H groups in total. The summed E-state index contributed by atoms with van der Waals surface area (Å²) in [5, 5.41) is 5.87. The zero-order valence-electron chi connectivity index (χ0n) is 19.3. The van der Waals surface area contributed by atoms with Crippen LogP contribution in [0.3, 0.4) is 0 Å². The van der Waals surface area contributed by atoms with Crippen molar-refractivity contribution in [3.05, 3.63) is 64.2 Å². The number of halogens is 2. The predicted octanol–water partition coefficient (Wildman–Crippen LogP) is 5.49. The lowest BCUT2D eigenvalue weighted by Gasteiger charge is -2.04. The number of aromatic nitrogens is 3. The van der Waals surface area contributed by atoms with Crippen molar-refractivity contribution in [2.24, 2.45) is 0 Å². The second kappa shape index (κ2) is 13.3. The SMILES string of the molecule is CC=C(C#Cc1sc(NC(=O)NCCc2cn(CC(F)F)cn2)nc1C)C=CC=C(C)CC. The van der Waals surface area contributed by atoms with Gasteiger partial charge in [-0.3, -0.25) is 5.32 Å². The summed E-state index contributed by atoms with van der Waals surface area (Å²) in [6.45, 7) is 7.90. The third kappa shape index (κ3) is 9.41. The summed E-state index contributed by atoms with van der Waals surface area (Å²) in [5.41, 5.74) is 3.57. The number of carbonyl (C=O) groups excluding carboxylic acids is 1. The fourth-order valence-corrected chi connectivity index (χ4v) is 3.39. The van der Waals surface area contributed by atoms with E-state index in [1.807, 2.05) is 32.1 Å². The Hall–Kier alpha value is -3.25. The summed E-state index contributed by atoms with van der Waals surface area (Å²) >= 11 is 1.30. The van der Waals surface area contributed by atoms with Crippen LogP contribution in [-0.2, 0) is 13.0 Å². The van der Waals surface area contributed by atoms with Gasteiger partial charge in [0.25, 0.3) is 6.43 Å². The van der Waals surface area contributed by atoms with Gasteiger partial charge in [-0.25, -0.2) is 23.5 Å². The van der Waals surface area contributed by atoms with Crippen LogP contribution < -0.4 is 10.6 Å². The molecular weight excluding hydrogens is 444 g/mol. The van der Waals surface area contributed by atoms with Crippen molar-refractivity contribution < 1.29 is 13.6 Å². The van der Waals surface area contributed by atoms with Crippen molar-refractivity contribution in [3.63, 3.8) is 0 Å². The van der Waals surface area contributed by atoms with Crippen LogP contribution in [0.4, 0.5) is 18.7 Å². The van der Waals surface area contributed by atoms with E-state index in [1.165, 1.54) is 27.8 Å². The molecule has 0 aliphatic heterocycles. The first kappa shape index (κ1) is 26.0. The van der Waals surface area contributed by atoms with Gasteiger partial charge in [0.1, 0.15) is 4.88 Å². The Morgan fingerprint density at radius 2 is 2.18 bits per heavy atom. The molecule has 0 saturated heterocycles. The van der Waals surface area contributed by atoms with Crippen LogP contribution in [0.15, 0.2) is 48.0 Å². The zero-order chi connectivity index (χ0) is 24.2. The van der Waals surface area contributed by atoms with Gasteiger partial charge in [0.15, 0.2) is 5.13 Å². The van der Waals surface area contributed by atoms with E-state index in [0.717, 1.165) is 22.6 Å². The Kier molecular flexibility index (Phi) is 10.5. The molecule has 0 spiro atoms. The maximum Gasteiger partial charge on any atom is 0.321 e. The summed E-state index contributed by atoms with van der Waals surface area (Å²) in [6, 6.07) is -0.398. The maximum absolute atomic E-state index is 12.4. The van der Waals surface area contributed by atoms with Gasteiger partial charge in [-0.05, 0) is 39.2 Å². The highest BCUT2D eigenvalue weighted by atomic mass is 32.1. The average Bonchev–Trinajstić information content (AvgIpc) is 3.35. The molecule has 0 radical (unpaired) electrons. The number of rotatable bonds is 9. The number of nitrogens with one attached hydrogen (secondary N) is 2. The second-order valence-corrected chi connectivity index (χ2v) is 8.24. The first-order chi connectivity index (χ1) is 15.8. The number of hydrogen-bond donors (Lipinski definition) is 2. The van der Waals surface area contributed by atoms with Crippen LogP contribution in [0.5, 0.6) is 0 Å². The molecule has 0 saturated carbocycles. The van der Waals surface area contributed by atoms with E-state index in [2.05, 4.69) is 52.4 Å². The molecule has 0 bridgehead atoms. The largest absolute Gasteiger partial charge is 0.337 e. The third-order valence-electron chi connectivity index (χ3n) is 4.56. The molecule has 6 nitrogen and oxygen atoms in total. The molecular formula is C24H29F2N5OS. The van der Waals surface area contributed by atoms with Gasteiger partial charge in [-0.2, -0.15) is 0 Å². The normalized spacial score (nSPS) is 12.2. The highest BCUT2D eigenvalue weighted by Crippen LogP contribution is 2.21. The summed E-state index contributed by atoms with van der Waals surface area (Å²) in [5.74, 6) is 6.25. The molecule has 2 aromatic heterocycles. The molecule has 0 aliphatic rings. The smallest absolute Gasteiger partial charge is 0.321 e. The molecule has 0 aliphatic carbocycles. The molecule has 2 aromatic rings. The average molecular weight is 474 g/mol. The number of alkyl halides is 2. The van der Waals surface area contributed by atoms with Gasteiger partial charge in [-0.1, -0.05) is 48.0 Å². The standard InChI is InChI=1S/C24H29F2N5OS/c1-5-17(3)8-7-9-19(6-2)10-11-21-18(4)29-24(33-21)30-23(32)27-13-12-20-14-31(16-28-20)15-22(25)26/h6-9,14,16,22H,5,12-13,15H2,1-4H3,(H2,27,29,30,32). The summed E-state index contributed by atoms with van der Waals surface area (Å²) in [7, 11) is 0. The predicted molar refractivity (Wildman–Crippen MR) is 130 cm³/mol. The number of allylic oxidation sites excluding steroid dienone is 6. The van der Waals surface area contributed by atoms with Gasteiger partial charge >= 0.3 is 6.03 Å². The van der Waals surface area contributed by atoms with E-state index < -0.39 is 19.0 Å². The molecule has 0 fully saturated rings. The van der Waals surface area contributed by atoms with Crippen LogP contribution in [-0.4, -0.2) is 33.5 Å². The first-order valence-corrected chi connectivity index (χ1v) is 11.5. The Labute approximate surface area is 197 Å². The van der Waals surface area contributed by atoms with Crippen LogP contribution in [0.2, 0.25) is 0 Å². The van der Waals surface area contributed by atoms with Crippen LogP contribution in [0.1, 0.15) is 43.5 Å². The molecule has 9 heteroatoms. The van der Waals surface area contributed by atoms with Gasteiger partial charge in [0.05, 0.1) is 24.3 Å². The number of urea groups is 1. The summed E-state index contributed by atoms with van der Waals surface area (Å²) in [4.78, 5) is 21.3. The van der Waals surface area contributed by atoms with Crippen LogP contribution in [0.25, 0.3) is 0 Å². The molecule has 2 heterocycles. The van der Waals surface area contributed by atoms with E-state index in [9.17, 15) is 13.6 Å². The van der Waals surface area contributed by atoms with E-state index >= 15 is 0 Å². The van der Waals surface area contributed by atoms with Crippen molar-refractivity contribution >= 4 is 22.5 Å². The Morgan fingerprint density at radius 1 is 1.39 bits per heavy atom. The monoisotopic (exact) mass is 473 g/mol. The van der Waals surface area contributed by atoms with Crippen molar-refractivity contribution in [3.8, 4) is 11.8 Å². The lowest BCUT2D eigenvalue weighted by atomic mass is 10.2. The Bertz CT molecular complexity index is 1090. The fraction of sp³-hybridized carbons (Fsp3) is 0.375. The number of aryl methyl sites for hydroxylation is 1.